The minimum Gasteiger partial charge on any atom is -0.504 e. The Morgan fingerprint density at radius 2 is 1.90 bits per heavy atom. The predicted molar refractivity (Wildman–Crippen MR) is 246 cm³/mol. The van der Waals surface area contributed by atoms with E-state index in [2.05, 4.69) is 29.6 Å². The Balaban J connectivity index is 0.763. The van der Waals surface area contributed by atoms with Gasteiger partial charge in [0.1, 0.15) is 18.3 Å². The molecule has 10 N–H and O–H groups in total. The van der Waals surface area contributed by atoms with Crippen LogP contribution in [0.4, 0.5) is 0 Å². The number of ether oxygens (including phenoxy) is 2. The number of aliphatic hydroxyl groups is 7. The highest BCUT2D eigenvalue weighted by Crippen LogP contribution is 2.60. The zero-order chi connectivity index (χ0) is 44.1. The van der Waals surface area contributed by atoms with E-state index >= 15 is 0 Å². The van der Waals surface area contributed by atoms with Crippen LogP contribution in [0.1, 0.15) is 112 Å². The largest absolute Gasteiger partial charge is 0.504 e. The summed E-state index contributed by atoms with van der Waals surface area (Å²) in [5, 5.41) is 66.1. The number of fused-ring (bicyclic) bond motifs is 1. The average molecular weight is 865 g/mol. The number of nitrogens with two attached hydrogens (primary N) is 1. The van der Waals surface area contributed by atoms with Crippen molar-refractivity contribution in [1.29, 1.82) is 0 Å². The fourth-order valence-corrected chi connectivity index (χ4v) is 11.4. The van der Waals surface area contributed by atoms with Crippen molar-refractivity contribution in [2.75, 3.05) is 26.3 Å². The Hall–Kier alpha value is -3.91. The Bertz CT molecular complexity index is 2040. The number of hydrogen-bond donors (Lipinski definition) is 8. The van der Waals surface area contributed by atoms with E-state index in [-0.39, 0.29) is 60.9 Å². The Morgan fingerprint density at radius 1 is 1.06 bits per heavy atom. The van der Waals surface area contributed by atoms with Gasteiger partial charge in [-0.25, -0.2) is 0 Å². The lowest BCUT2D eigenvalue weighted by atomic mass is 9.64. The van der Waals surface area contributed by atoms with Gasteiger partial charge in [0.2, 0.25) is 0 Å². The standard InChI is InChI=1S/C52H69N3O8/c1-32(58)27-54-28-44-43-26-45(55-50(43)36-18-20-52(44)19-6-7-39(52)23-36)47(60)31-62-49-22-33(12-17-46(49)59)10-15-41-25-38(30-57)48(63-41)9-5-3-2-4-8-40(53)24-37-14-13-35-21-34(29-56)11-16-42(35)51(37)61/h11-14,16-18,20-22,25-26,32,36-37,39-40,44,47-48,51,54,56-58,60-61,63H,2-10,15,19,23-24,27-31,53H2,1H3/p+1/t32-,36-,37-,39+,40-,44-,47-,48?,51-,52+/m0/s1. The topological polar surface area (TPSA) is 194 Å². The number of hydrogen-bond acceptors (Lipinski definition) is 10. The number of aliphatic imine (C=N–C) groups is 1. The van der Waals surface area contributed by atoms with Crippen LogP contribution in [0.15, 0.2) is 82.9 Å². The molecule has 9 rings (SSSR count). The monoisotopic (exact) mass is 865 g/mol. The van der Waals surface area contributed by atoms with Crippen LogP contribution in [0.5, 0.6) is 11.5 Å². The van der Waals surface area contributed by atoms with Crippen LogP contribution >= 0.6 is 0 Å². The smallest absolute Gasteiger partial charge is 0.196 e. The lowest BCUT2D eigenvalue weighted by Gasteiger charge is -2.39. The molecule has 1 unspecified atom stereocenters. The fraction of sp³-hybridized carbons (Fsp3) is 0.558. The average Bonchev–Trinajstić information content (AvgIpc) is 4.00. The first kappa shape index (κ1) is 45.7. The van der Waals surface area contributed by atoms with Crippen molar-refractivity contribution in [2.45, 2.75) is 127 Å². The normalized spacial score (nSPS) is 28.3. The number of phenols is 1. The molecule has 0 amide bonds. The Morgan fingerprint density at radius 3 is 2.73 bits per heavy atom. The van der Waals surface area contributed by atoms with Gasteiger partial charge in [-0.05, 0) is 105 Å². The molecule has 2 aliphatic heterocycles. The summed E-state index contributed by atoms with van der Waals surface area (Å²) in [6.45, 7) is 3.02. The van der Waals surface area contributed by atoms with Gasteiger partial charge in [0.25, 0.3) is 0 Å². The van der Waals surface area contributed by atoms with Gasteiger partial charge in [-0.15, -0.1) is 16.6 Å². The van der Waals surface area contributed by atoms with Crippen LogP contribution in [-0.2, 0) is 13.0 Å². The zero-order valence-electron chi connectivity index (χ0n) is 36.9. The summed E-state index contributed by atoms with van der Waals surface area (Å²) in [6.07, 6.45) is 24.8. The number of nitrogens with zero attached hydrogens (tertiary/aromatic N) is 1. The van der Waals surface area contributed by atoms with E-state index in [1.54, 1.807) is 13.0 Å². The third kappa shape index (κ3) is 10.3. The minimum absolute atomic E-state index is 0.00979. The van der Waals surface area contributed by atoms with E-state index in [9.17, 15) is 30.6 Å². The van der Waals surface area contributed by atoms with E-state index in [0.717, 1.165) is 104 Å². The predicted octanol–water partition coefficient (Wildman–Crippen LogP) is 6.23. The van der Waals surface area contributed by atoms with E-state index in [1.165, 1.54) is 18.4 Å². The van der Waals surface area contributed by atoms with E-state index in [4.69, 9.17) is 20.2 Å². The van der Waals surface area contributed by atoms with Crippen molar-refractivity contribution in [2.24, 2.45) is 39.8 Å². The first-order valence-corrected chi connectivity index (χ1v) is 23.7. The van der Waals surface area contributed by atoms with Gasteiger partial charge in [0.05, 0.1) is 42.8 Å². The van der Waals surface area contributed by atoms with E-state index < -0.39 is 18.3 Å². The SMILES string of the molecule is C[C@H](O)CNC[C@H]1C2=C[C+]([C@@H](O)COc3cc(CC[C-]4C=C(CO)C(CCCCCC[C@H](N)C[C@@H]5C=Cc6cc(CO)ccc6[C@H]5O)[OH+]4)ccc3O)N=C2[C@H]2C=C[C@@]13CCC[C@@H]3C2. The number of rotatable bonds is 22. The first-order chi connectivity index (χ1) is 30.5. The molecule has 2 bridgehead atoms. The molecule has 2 saturated carbocycles. The van der Waals surface area contributed by atoms with Crippen LogP contribution in [0, 0.1) is 41.2 Å². The molecular weight excluding hydrogens is 795 g/mol. The van der Waals surface area contributed by atoms with Gasteiger partial charge < -0.3 is 51.2 Å². The first-order valence-electron chi connectivity index (χ1n) is 23.7. The van der Waals surface area contributed by atoms with Crippen molar-refractivity contribution in [3.05, 3.63) is 112 Å². The lowest BCUT2D eigenvalue weighted by molar-refractivity contribution is -0.0552. The summed E-state index contributed by atoms with van der Waals surface area (Å²) in [6, 6.07) is 11.7. The molecular formula is C52H70N3O8+. The number of aromatic hydroxyl groups is 1. The molecule has 2 aromatic rings. The van der Waals surface area contributed by atoms with Crippen LogP contribution in [0.3, 0.4) is 0 Å². The van der Waals surface area contributed by atoms with Crippen LogP contribution in [0.25, 0.3) is 6.08 Å². The minimum atomic E-state index is -0.962. The van der Waals surface area contributed by atoms with Gasteiger partial charge in [-0.3, -0.25) is 0 Å². The summed E-state index contributed by atoms with van der Waals surface area (Å²) < 4.78 is 11.1. The highest BCUT2D eigenvalue weighted by Gasteiger charge is 2.59. The number of phenolic OH excluding ortho intramolecular Hbond substituents is 1. The van der Waals surface area contributed by atoms with Crippen molar-refractivity contribution in [3.63, 3.8) is 0 Å². The van der Waals surface area contributed by atoms with Crippen LogP contribution in [-0.4, -0.2) is 91.7 Å². The van der Waals surface area contributed by atoms with Gasteiger partial charge in [-0.1, -0.05) is 68.2 Å². The van der Waals surface area contributed by atoms with Crippen molar-refractivity contribution in [1.82, 2.24) is 5.32 Å². The Labute approximate surface area is 373 Å². The summed E-state index contributed by atoms with van der Waals surface area (Å²) in [7, 11) is 0. The number of unbranched alkanes of at least 4 members (excludes halogenated alkanes) is 3. The second-order valence-corrected chi connectivity index (χ2v) is 19.2. The molecule has 7 aliphatic rings. The van der Waals surface area contributed by atoms with Crippen LogP contribution < -0.4 is 15.8 Å². The molecule has 10 atom stereocenters. The molecule has 0 saturated heterocycles. The molecule has 2 heterocycles. The van der Waals surface area contributed by atoms with Gasteiger partial charge >= 0.3 is 0 Å². The number of aryl methyl sites for hydroxylation is 1. The summed E-state index contributed by atoms with van der Waals surface area (Å²) in [5.74, 6) is 1.40. The molecule has 0 radical (unpaired) electrons. The molecule has 5 aliphatic carbocycles. The maximum Gasteiger partial charge on any atom is 0.196 e. The molecule has 2 fully saturated rings. The summed E-state index contributed by atoms with van der Waals surface area (Å²) in [4.78, 5) is 5.04. The van der Waals surface area contributed by atoms with E-state index in [1.807, 2.05) is 42.5 Å². The van der Waals surface area contributed by atoms with Gasteiger partial charge in [0, 0.05) is 43.5 Å². The Kier molecular flexibility index (Phi) is 14.9. The maximum atomic E-state index is 11.4. The molecule has 340 valence electrons. The zero-order valence-corrected chi connectivity index (χ0v) is 36.9. The third-order valence-electron chi connectivity index (χ3n) is 14.8. The summed E-state index contributed by atoms with van der Waals surface area (Å²) >= 11 is 0. The van der Waals surface area contributed by atoms with Gasteiger partial charge in [-0.2, -0.15) is 0 Å². The van der Waals surface area contributed by atoms with E-state index in [0.29, 0.717) is 37.1 Å². The summed E-state index contributed by atoms with van der Waals surface area (Å²) in [5.41, 5.74) is 13.5. The molecule has 0 aromatic heterocycles. The second-order valence-electron chi connectivity index (χ2n) is 19.2. The quantitative estimate of drug-likeness (QED) is 0.0293. The third-order valence-corrected chi connectivity index (χ3v) is 14.8. The number of aliphatic hydroxyl groups excluding tert-OH is 5. The number of nitrogens with one attached hydrogen (secondary N) is 1. The molecule has 1 spiro atoms. The van der Waals surface area contributed by atoms with Crippen molar-refractivity contribution in [3.8, 4) is 11.5 Å². The molecule has 63 heavy (non-hydrogen) atoms. The molecule has 11 nitrogen and oxygen atoms in total. The molecule has 2 aromatic carbocycles. The van der Waals surface area contributed by atoms with Crippen LogP contribution in [0.2, 0.25) is 0 Å². The van der Waals surface area contributed by atoms with Gasteiger partial charge in [0.15, 0.2) is 29.4 Å². The lowest BCUT2D eigenvalue weighted by Crippen LogP contribution is -2.41. The highest BCUT2D eigenvalue weighted by atomic mass is 16.5. The van der Waals surface area contributed by atoms with Crippen molar-refractivity contribution >= 4 is 11.8 Å². The highest BCUT2D eigenvalue weighted by molar-refractivity contribution is 6.07. The fourth-order valence-electron chi connectivity index (χ4n) is 11.4. The number of allylic oxidation sites excluding steroid dienone is 2. The number of benzene rings is 2. The van der Waals surface area contributed by atoms with Crippen molar-refractivity contribution < 1.29 is 40.1 Å². The molecule has 11 heteroatoms. The second kappa shape index (κ2) is 20.5. The maximum absolute atomic E-state index is 11.4.